The highest BCUT2D eigenvalue weighted by Crippen LogP contribution is 2.18. The van der Waals surface area contributed by atoms with Gasteiger partial charge in [-0.1, -0.05) is 37.1 Å². The Morgan fingerprint density at radius 1 is 1.38 bits per heavy atom. The molecule has 4 nitrogen and oxygen atoms in total. The molecule has 0 aromatic heterocycles. The number of carbonyl (C=O) groups excluding carboxylic acids is 2. The monoisotopic (exact) mass is 308 g/mol. The summed E-state index contributed by atoms with van der Waals surface area (Å²) in [7, 11) is 0. The van der Waals surface area contributed by atoms with Crippen molar-refractivity contribution < 1.29 is 9.59 Å². The molecule has 2 amide bonds. The van der Waals surface area contributed by atoms with E-state index in [-0.39, 0.29) is 17.7 Å². The number of nitrogens with one attached hydrogen (secondary N) is 1. The molecule has 1 N–H and O–H groups in total. The van der Waals surface area contributed by atoms with Crippen LogP contribution in [-0.4, -0.2) is 29.8 Å². The summed E-state index contributed by atoms with van der Waals surface area (Å²) in [6, 6.07) is 7.37. The summed E-state index contributed by atoms with van der Waals surface area (Å²) in [5.74, 6) is -0.172. The Bertz CT molecular complexity index is 502. The fourth-order valence-electron chi connectivity index (χ4n) is 2.45. The van der Waals surface area contributed by atoms with Gasteiger partial charge in [-0.05, 0) is 24.1 Å². The van der Waals surface area contributed by atoms with Gasteiger partial charge < -0.3 is 10.2 Å². The zero-order chi connectivity index (χ0) is 15.2. The molecular weight excluding hydrogens is 288 g/mol. The van der Waals surface area contributed by atoms with Crippen molar-refractivity contribution >= 4 is 23.4 Å². The summed E-state index contributed by atoms with van der Waals surface area (Å²) in [6.45, 7) is 3.87. The van der Waals surface area contributed by atoms with Gasteiger partial charge in [-0.3, -0.25) is 9.59 Å². The van der Waals surface area contributed by atoms with E-state index in [1.165, 1.54) is 0 Å². The molecule has 0 unspecified atom stereocenters. The number of hydrogen-bond donors (Lipinski definition) is 1. The highest BCUT2D eigenvalue weighted by atomic mass is 35.5. The van der Waals surface area contributed by atoms with Crippen molar-refractivity contribution in [3.05, 3.63) is 34.9 Å². The number of hydrogen-bond acceptors (Lipinski definition) is 2. The van der Waals surface area contributed by atoms with Crippen molar-refractivity contribution in [2.75, 3.05) is 13.1 Å². The second-order valence-electron chi connectivity index (χ2n) is 5.44. The van der Waals surface area contributed by atoms with Crippen molar-refractivity contribution in [1.29, 1.82) is 0 Å². The molecule has 1 aromatic rings. The van der Waals surface area contributed by atoms with Gasteiger partial charge in [-0.2, -0.15) is 0 Å². The summed E-state index contributed by atoms with van der Waals surface area (Å²) in [6.07, 6.45) is 2.37. The normalized spacial score (nSPS) is 18.1. The van der Waals surface area contributed by atoms with Crippen molar-refractivity contribution in [3.63, 3.8) is 0 Å². The zero-order valence-electron chi connectivity index (χ0n) is 12.3. The largest absolute Gasteiger partial charge is 0.352 e. The van der Waals surface area contributed by atoms with Gasteiger partial charge in [0.15, 0.2) is 0 Å². The summed E-state index contributed by atoms with van der Waals surface area (Å²) in [5.41, 5.74) is 1.000. The number of likely N-dealkylation sites (tertiary alicyclic amines) is 1. The third-order valence-corrected chi connectivity index (χ3v) is 4.00. The highest BCUT2D eigenvalue weighted by molar-refractivity contribution is 6.30. The Hall–Kier alpha value is -1.55. The minimum atomic E-state index is -0.221. The SMILES string of the molecule is CCCCN1C[C@@H](C(=O)NCc2ccc(Cl)cc2)CC1=O. The molecule has 1 aliphatic heterocycles. The standard InChI is InChI=1S/C16H21ClN2O2/c1-2-3-8-19-11-13(9-15(19)20)16(21)18-10-12-4-6-14(17)7-5-12/h4-7,13H,2-3,8-11H2,1H3,(H,18,21)/t13-/m0/s1. The minimum Gasteiger partial charge on any atom is -0.352 e. The molecule has 1 aliphatic rings. The maximum Gasteiger partial charge on any atom is 0.225 e. The molecule has 0 bridgehead atoms. The van der Waals surface area contributed by atoms with E-state index in [0.717, 1.165) is 24.9 Å². The first-order valence-corrected chi connectivity index (χ1v) is 7.78. The molecule has 0 aliphatic carbocycles. The van der Waals surface area contributed by atoms with Gasteiger partial charge in [0.05, 0.1) is 5.92 Å². The van der Waals surface area contributed by atoms with Crippen LogP contribution in [0.5, 0.6) is 0 Å². The summed E-state index contributed by atoms with van der Waals surface area (Å²) in [4.78, 5) is 25.8. The van der Waals surface area contributed by atoms with E-state index in [0.29, 0.717) is 24.5 Å². The quantitative estimate of drug-likeness (QED) is 0.878. The maximum absolute atomic E-state index is 12.1. The molecule has 0 spiro atoms. The predicted octanol–water partition coefficient (Wildman–Crippen LogP) is 2.60. The van der Waals surface area contributed by atoms with Crippen LogP contribution in [0.15, 0.2) is 24.3 Å². The smallest absolute Gasteiger partial charge is 0.225 e. The molecule has 5 heteroatoms. The summed E-state index contributed by atoms with van der Waals surface area (Å²) >= 11 is 5.82. The van der Waals surface area contributed by atoms with E-state index >= 15 is 0 Å². The van der Waals surface area contributed by atoms with E-state index in [1.807, 2.05) is 12.1 Å². The first kappa shape index (κ1) is 15.8. The van der Waals surface area contributed by atoms with Gasteiger partial charge in [-0.25, -0.2) is 0 Å². The van der Waals surface area contributed by atoms with Gasteiger partial charge in [0.1, 0.15) is 0 Å². The lowest BCUT2D eigenvalue weighted by Crippen LogP contribution is -2.32. The second kappa shape index (κ2) is 7.46. The molecule has 0 saturated carbocycles. The summed E-state index contributed by atoms with van der Waals surface area (Å²) in [5, 5.41) is 3.58. The Morgan fingerprint density at radius 2 is 2.10 bits per heavy atom. The summed E-state index contributed by atoms with van der Waals surface area (Å²) < 4.78 is 0. The number of amides is 2. The molecule has 1 fully saturated rings. The van der Waals surface area contributed by atoms with E-state index in [4.69, 9.17) is 11.6 Å². The minimum absolute atomic E-state index is 0.0442. The number of halogens is 1. The average Bonchev–Trinajstić information content (AvgIpc) is 2.85. The van der Waals surface area contributed by atoms with Crippen molar-refractivity contribution in [3.8, 4) is 0 Å². The van der Waals surface area contributed by atoms with Crippen LogP contribution < -0.4 is 5.32 Å². The van der Waals surface area contributed by atoms with Crippen LogP contribution >= 0.6 is 11.6 Å². The third kappa shape index (κ3) is 4.46. The van der Waals surface area contributed by atoms with Crippen molar-refractivity contribution in [2.24, 2.45) is 5.92 Å². The van der Waals surface area contributed by atoms with Crippen molar-refractivity contribution in [2.45, 2.75) is 32.7 Å². The highest BCUT2D eigenvalue weighted by Gasteiger charge is 2.33. The lowest BCUT2D eigenvalue weighted by molar-refractivity contribution is -0.129. The van der Waals surface area contributed by atoms with Crippen LogP contribution in [0.4, 0.5) is 0 Å². The topological polar surface area (TPSA) is 49.4 Å². The third-order valence-electron chi connectivity index (χ3n) is 3.75. The molecule has 1 heterocycles. The van der Waals surface area contributed by atoms with Gasteiger partial charge in [0.2, 0.25) is 11.8 Å². The van der Waals surface area contributed by atoms with E-state index in [2.05, 4.69) is 12.2 Å². The van der Waals surface area contributed by atoms with Crippen LogP contribution in [0.1, 0.15) is 31.7 Å². The molecule has 114 valence electrons. The van der Waals surface area contributed by atoms with Crippen molar-refractivity contribution in [1.82, 2.24) is 10.2 Å². The molecule has 1 atom stereocenters. The first-order valence-electron chi connectivity index (χ1n) is 7.40. The molecule has 0 radical (unpaired) electrons. The van der Waals surface area contributed by atoms with Crippen LogP contribution in [0.25, 0.3) is 0 Å². The number of benzene rings is 1. The Kier molecular flexibility index (Phi) is 5.62. The zero-order valence-corrected chi connectivity index (χ0v) is 13.0. The number of carbonyl (C=O) groups is 2. The van der Waals surface area contributed by atoms with E-state index in [9.17, 15) is 9.59 Å². The van der Waals surface area contributed by atoms with E-state index in [1.54, 1.807) is 17.0 Å². The molecular formula is C16H21ClN2O2. The van der Waals surface area contributed by atoms with E-state index < -0.39 is 0 Å². The van der Waals surface area contributed by atoms with Gasteiger partial charge in [-0.15, -0.1) is 0 Å². The average molecular weight is 309 g/mol. The second-order valence-corrected chi connectivity index (χ2v) is 5.88. The number of unbranched alkanes of at least 4 members (excludes halogenated alkanes) is 1. The number of rotatable bonds is 6. The molecule has 21 heavy (non-hydrogen) atoms. The maximum atomic E-state index is 12.1. The predicted molar refractivity (Wildman–Crippen MR) is 82.9 cm³/mol. The first-order chi connectivity index (χ1) is 10.1. The van der Waals surface area contributed by atoms with Crippen LogP contribution in [0, 0.1) is 5.92 Å². The van der Waals surface area contributed by atoms with Gasteiger partial charge >= 0.3 is 0 Å². The lowest BCUT2D eigenvalue weighted by atomic mass is 10.1. The lowest BCUT2D eigenvalue weighted by Gasteiger charge is -2.16. The van der Waals surface area contributed by atoms with Gasteiger partial charge in [0.25, 0.3) is 0 Å². The van der Waals surface area contributed by atoms with Gasteiger partial charge in [0, 0.05) is 31.1 Å². The van der Waals surface area contributed by atoms with Crippen LogP contribution in [0.2, 0.25) is 5.02 Å². The molecule has 2 rings (SSSR count). The Labute approximate surface area is 130 Å². The molecule has 1 aromatic carbocycles. The van der Waals surface area contributed by atoms with Crippen LogP contribution in [0.3, 0.4) is 0 Å². The fourth-order valence-corrected chi connectivity index (χ4v) is 2.57. The Balaban J connectivity index is 1.81. The van der Waals surface area contributed by atoms with Crippen LogP contribution in [-0.2, 0) is 16.1 Å². The number of nitrogens with zero attached hydrogens (tertiary/aromatic N) is 1. The fraction of sp³-hybridized carbons (Fsp3) is 0.500. The Morgan fingerprint density at radius 3 is 2.76 bits per heavy atom. The molecule has 1 saturated heterocycles.